The first-order chi connectivity index (χ1) is 8.27. The van der Waals surface area contributed by atoms with Gasteiger partial charge in [-0.1, -0.05) is 12.1 Å². The van der Waals surface area contributed by atoms with Crippen molar-refractivity contribution < 1.29 is 9.84 Å². The molecule has 1 aromatic carbocycles. The number of methoxy groups -OCH3 is 1. The predicted octanol–water partition coefficient (Wildman–Crippen LogP) is 1.75. The van der Waals surface area contributed by atoms with E-state index in [0.29, 0.717) is 5.11 Å². The zero-order chi connectivity index (χ0) is 12.5. The van der Waals surface area contributed by atoms with Gasteiger partial charge in [0.2, 0.25) is 0 Å². The molecule has 0 amide bonds. The molecule has 0 saturated heterocycles. The summed E-state index contributed by atoms with van der Waals surface area (Å²) in [4.78, 5) is 0. The third kappa shape index (κ3) is 5.01. The lowest BCUT2D eigenvalue weighted by atomic mass is 10.3. The largest absolute Gasteiger partial charge is 0.495 e. The lowest BCUT2D eigenvalue weighted by molar-refractivity contribution is 0.285. The summed E-state index contributed by atoms with van der Waals surface area (Å²) in [5, 5.41) is 15.3. The second kappa shape index (κ2) is 7.86. The predicted molar refractivity (Wildman–Crippen MR) is 73.5 cm³/mol. The molecule has 0 atom stereocenters. The number of nitrogens with one attached hydrogen (secondary N) is 2. The van der Waals surface area contributed by atoms with Crippen LogP contribution in [0, 0.1) is 0 Å². The summed E-state index contributed by atoms with van der Waals surface area (Å²) in [6, 6.07) is 7.60. The van der Waals surface area contributed by atoms with Crippen molar-refractivity contribution >= 4 is 23.0 Å². The number of anilines is 1. The average Bonchev–Trinajstić information content (AvgIpc) is 2.35. The molecule has 5 heteroatoms. The second-order valence-electron chi connectivity index (χ2n) is 3.51. The molecule has 17 heavy (non-hydrogen) atoms. The van der Waals surface area contributed by atoms with Crippen LogP contribution in [-0.4, -0.2) is 30.5 Å². The van der Waals surface area contributed by atoms with Gasteiger partial charge in [-0.25, -0.2) is 0 Å². The highest BCUT2D eigenvalue weighted by atomic mass is 32.1. The molecule has 4 nitrogen and oxygen atoms in total. The Hall–Kier alpha value is -1.33. The first-order valence-corrected chi connectivity index (χ1v) is 5.97. The molecule has 0 aliphatic rings. The van der Waals surface area contributed by atoms with Gasteiger partial charge in [0.15, 0.2) is 5.11 Å². The number of para-hydroxylation sites is 2. The molecule has 94 valence electrons. The van der Waals surface area contributed by atoms with Crippen molar-refractivity contribution in [3.05, 3.63) is 24.3 Å². The quantitative estimate of drug-likeness (QED) is 0.533. The molecular weight excluding hydrogens is 236 g/mol. The number of rotatable bonds is 6. The maximum atomic E-state index is 8.64. The van der Waals surface area contributed by atoms with Crippen molar-refractivity contribution in [3.8, 4) is 5.75 Å². The Kier molecular flexibility index (Phi) is 6.35. The van der Waals surface area contributed by atoms with E-state index in [4.69, 9.17) is 22.1 Å². The van der Waals surface area contributed by atoms with Crippen LogP contribution in [0.25, 0.3) is 0 Å². The normalized spacial score (nSPS) is 9.76. The fourth-order valence-corrected chi connectivity index (χ4v) is 1.57. The Balaban J connectivity index is 2.39. The lowest BCUT2D eigenvalue weighted by Gasteiger charge is -2.12. The summed E-state index contributed by atoms with van der Waals surface area (Å²) in [5.74, 6) is 0.756. The van der Waals surface area contributed by atoms with Gasteiger partial charge in [-0.05, 0) is 37.2 Å². The van der Waals surface area contributed by atoms with E-state index >= 15 is 0 Å². The number of thiocarbonyl (C=S) groups is 1. The Morgan fingerprint density at radius 1 is 1.35 bits per heavy atom. The maximum Gasteiger partial charge on any atom is 0.170 e. The minimum Gasteiger partial charge on any atom is -0.495 e. The number of hydrogen-bond acceptors (Lipinski definition) is 3. The van der Waals surface area contributed by atoms with Crippen molar-refractivity contribution in [1.82, 2.24) is 5.32 Å². The van der Waals surface area contributed by atoms with E-state index in [1.807, 2.05) is 24.3 Å². The Labute approximate surface area is 107 Å². The molecule has 0 spiro atoms. The molecule has 1 aromatic rings. The van der Waals surface area contributed by atoms with Crippen molar-refractivity contribution in [2.75, 3.05) is 25.6 Å². The van der Waals surface area contributed by atoms with Gasteiger partial charge in [-0.2, -0.15) is 0 Å². The molecule has 0 saturated carbocycles. The summed E-state index contributed by atoms with van der Waals surface area (Å²) in [5.41, 5.74) is 0.842. The van der Waals surface area contributed by atoms with Gasteiger partial charge in [-0.15, -0.1) is 0 Å². The fraction of sp³-hybridized carbons (Fsp3) is 0.417. The van der Waals surface area contributed by atoms with Crippen LogP contribution in [0.4, 0.5) is 5.69 Å². The van der Waals surface area contributed by atoms with Crippen LogP contribution in [0.2, 0.25) is 0 Å². The third-order valence-electron chi connectivity index (χ3n) is 2.23. The first kappa shape index (κ1) is 13.7. The van der Waals surface area contributed by atoms with E-state index in [0.717, 1.165) is 30.8 Å². The average molecular weight is 254 g/mol. The summed E-state index contributed by atoms with van der Waals surface area (Å²) in [6.07, 6.45) is 1.68. The van der Waals surface area contributed by atoms with Crippen molar-refractivity contribution in [2.24, 2.45) is 0 Å². The molecule has 0 aliphatic heterocycles. The molecule has 1 rings (SSSR count). The van der Waals surface area contributed by atoms with Gasteiger partial charge >= 0.3 is 0 Å². The molecule has 3 N–H and O–H groups in total. The molecule has 0 fully saturated rings. The van der Waals surface area contributed by atoms with Crippen LogP contribution >= 0.6 is 12.2 Å². The Bertz CT molecular complexity index is 358. The SMILES string of the molecule is COc1ccccc1NC(=S)NCCCCO. The minimum absolute atomic E-state index is 0.217. The van der Waals surface area contributed by atoms with Crippen molar-refractivity contribution in [1.29, 1.82) is 0 Å². The van der Waals surface area contributed by atoms with E-state index < -0.39 is 0 Å². The topological polar surface area (TPSA) is 53.5 Å². The molecule has 0 heterocycles. The van der Waals surface area contributed by atoms with Gasteiger partial charge in [0.1, 0.15) is 5.75 Å². The van der Waals surface area contributed by atoms with Gasteiger partial charge in [-0.3, -0.25) is 0 Å². The highest BCUT2D eigenvalue weighted by molar-refractivity contribution is 7.80. The fourth-order valence-electron chi connectivity index (χ4n) is 1.35. The summed E-state index contributed by atoms with van der Waals surface area (Å²) >= 11 is 5.15. The summed E-state index contributed by atoms with van der Waals surface area (Å²) in [6.45, 7) is 0.968. The van der Waals surface area contributed by atoms with Gasteiger partial charge < -0.3 is 20.5 Å². The van der Waals surface area contributed by atoms with Crippen LogP contribution in [0.1, 0.15) is 12.8 Å². The molecule has 0 radical (unpaired) electrons. The molecule has 0 bridgehead atoms. The van der Waals surface area contributed by atoms with Gasteiger partial charge in [0.05, 0.1) is 12.8 Å². The number of aliphatic hydroxyl groups is 1. The number of aliphatic hydroxyl groups excluding tert-OH is 1. The van der Waals surface area contributed by atoms with E-state index in [2.05, 4.69) is 10.6 Å². The zero-order valence-corrected chi connectivity index (χ0v) is 10.7. The third-order valence-corrected chi connectivity index (χ3v) is 2.47. The molecular formula is C12H18N2O2S. The van der Waals surface area contributed by atoms with E-state index in [1.165, 1.54) is 0 Å². The number of ether oxygens (including phenoxy) is 1. The standard InChI is InChI=1S/C12H18N2O2S/c1-16-11-7-3-2-6-10(11)14-12(17)13-8-4-5-9-15/h2-3,6-7,15H,4-5,8-9H2,1H3,(H2,13,14,17). The van der Waals surface area contributed by atoms with Crippen LogP contribution in [0.15, 0.2) is 24.3 Å². The molecule has 0 aliphatic carbocycles. The van der Waals surface area contributed by atoms with Gasteiger partial charge in [0, 0.05) is 13.2 Å². The minimum atomic E-state index is 0.217. The van der Waals surface area contributed by atoms with Gasteiger partial charge in [0.25, 0.3) is 0 Å². The van der Waals surface area contributed by atoms with E-state index in [9.17, 15) is 0 Å². The first-order valence-electron chi connectivity index (χ1n) is 5.56. The Morgan fingerprint density at radius 3 is 2.82 bits per heavy atom. The number of benzene rings is 1. The van der Waals surface area contributed by atoms with E-state index in [1.54, 1.807) is 7.11 Å². The number of unbranched alkanes of at least 4 members (excludes halogenated alkanes) is 1. The molecule has 0 aromatic heterocycles. The lowest BCUT2D eigenvalue weighted by Crippen LogP contribution is -2.29. The smallest absolute Gasteiger partial charge is 0.170 e. The van der Waals surface area contributed by atoms with Crippen LogP contribution in [-0.2, 0) is 0 Å². The number of hydrogen-bond donors (Lipinski definition) is 3. The monoisotopic (exact) mass is 254 g/mol. The van der Waals surface area contributed by atoms with E-state index in [-0.39, 0.29) is 6.61 Å². The van der Waals surface area contributed by atoms with Crippen LogP contribution < -0.4 is 15.4 Å². The highest BCUT2D eigenvalue weighted by Gasteiger charge is 2.02. The zero-order valence-electron chi connectivity index (χ0n) is 9.90. The molecule has 0 unspecified atom stereocenters. The Morgan fingerprint density at radius 2 is 2.12 bits per heavy atom. The van der Waals surface area contributed by atoms with Crippen LogP contribution in [0.3, 0.4) is 0 Å². The summed E-state index contributed by atoms with van der Waals surface area (Å²) < 4.78 is 5.21. The summed E-state index contributed by atoms with van der Waals surface area (Å²) in [7, 11) is 1.62. The van der Waals surface area contributed by atoms with Crippen LogP contribution in [0.5, 0.6) is 5.75 Å². The van der Waals surface area contributed by atoms with Crippen molar-refractivity contribution in [2.45, 2.75) is 12.8 Å². The van der Waals surface area contributed by atoms with Crippen molar-refractivity contribution in [3.63, 3.8) is 0 Å². The highest BCUT2D eigenvalue weighted by Crippen LogP contribution is 2.22. The second-order valence-corrected chi connectivity index (χ2v) is 3.92. The maximum absolute atomic E-state index is 8.64.